The Bertz CT molecular complexity index is 1150. The lowest BCUT2D eigenvalue weighted by Crippen LogP contribution is -2.38. The smallest absolute Gasteiger partial charge is 0.262 e. The molecule has 1 aliphatic rings. The predicted molar refractivity (Wildman–Crippen MR) is 119 cm³/mol. The molecule has 1 aliphatic heterocycles. The molecule has 162 valence electrons. The summed E-state index contributed by atoms with van der Waals surface area (Å²) in [5, 5.41) is 19.0. The molecular weight excluding hydrogens is 408 g/mol. The molecule has 0 spiro atoms. The minimum absolute atomic E-state index is 0.0913. The van der Waals surface area contributed by atoms with Crippen LogP contribution in [0.2, 0.25) is 0 Å². The van der Waals surface area contributed by atoms with Gasteiger partial charge in [-0.1, -0.05) is 6.07 Å². The van der Waals surface area contributed by atoms with E-state index in [0.717, 1.165) is 6.34 Å². The zero-order valence-electron chi connectivity index (χ0n) is 17.4. The van der Waals surface area contributed by atoms with Gasteiger partial charge in [-0.05, 0) is 38.0 Å². The van der Waals surface area contributed by atoms with Crippen LogP contribution in [-0.4, -0.2) is 55.6 Å². The van der Waals surface area contributed by atoms with Crippen LogP contribution in [-0.2, 0) is 0 Å². The highest BCUT2D eigenvalue weighted by molar-refractivity contribution is 6.06. The van der Waals surface area contributed by atoms with Crippen molar-refractivity contribution in [1.82, 2.24) is 24.8 Å². The van der Waals surface area contributed by atoms with Gasteiger partial charge in [0, 0.05) is 30.2 Å². The summed E-state index contributed by atoms with van der Waals surface area (Å²) in [5.41, 5.74) is 1.83. The van der Waals surface area contributed by atoms with Crippen LogP contribution in [0.25, 0.3) is 11.3 Å². The molecule has 10 nitrogen and oxygen atoms in total. The monoisotopic (exact) mass is 430 g/mol. The average molecular weight is 430 g/mol. The molecule has 0 saturated heterocycles. The van der Waals surface area contributed by atoms with Gasteiger partial charge in [-0.15, -0.1) is 0 Å². The summed E-state index contributed by atoms with van der Waals surface area (Å²) in [5.74, 6) is 0.146. The van der Waals surface area contributed by atoms with Crippen molar-refractivity contribution in [1.29, 1.82) is 10.8 Å². The highest BCUT2D eigenvalue weighted by Crippen LogP contribution is 2.24. The van der Waals surface area contributed by atoms with E-state index < -0.39 is 5.91 Å². The van der Waals surface area contributed by atoms with E-state index in [2.05, 4.69) is 25.3 Å². The van der Waals surface area contributed by atoms with E-state index >= 15 is 0 Å². The first kappa shape index (κ1) is 21.0. The van der Waals surface area contributed by atoms with Crippen LogP contribution >= 0.6 is 0 Å². The first-order valence-electron chi connectivity index (χ1n) is 10.1. The summed E-state index contributed by atoms with van der Waals surface area (Å²) in [4.78, 5) is 31.7. The zero-order valence-corrected chi connectivity index (χ0v) is 17.4. The Hall–Kier alpha value is -4.21. The number of aromatic nitrogens is 4. The van der Waals surface area contributed by atoms with Gasteiger partial charge >= 0.3 is 0 Å². The number of hydrogen-bond donors (Lipinski definition) is 3. The Kier molecular flexibility index (Phi) is 6.11. The molecule has 4 heterocycles. The number of carbonyl (C=O) groups is 1. The Morgan fingerprint density at radius 3 is 2.88 bits per heavy atom. The highest BCUT2D eigenvalue weighted by Gasteiger charge is 2.21. The van der Waals surface area contributed by atoms with E-state index in [1.165, 1.54) is 0 Å². The van der Waals surface area contributed by atoms with Crippen molar-refractivity contribution < 1.29 is 9.53 Å². The molecule has 32 heavy (non-hydrogen) atoms. The van der Waals surface area contributed by atoms with Gasteiger partial charge in [0.2, 0.25) is 5.88 Å². The summed E-state index contributed by atoms with van der Waals surface area (Å²) >= 11 is 0. The largest absolute Gasteiger partial charge is 0.477 e. The summed E-state index contributed by atoms with van der Waals surface area (Å²) < 4.78 is 5.84. The molecule has 4 rings (SSSR count). The van der Waals surface area contributed by atoms with Gasteiger partial charge in [-0.25, -0.2) is 9.97 Å². The van der Waals surface area contributed by atoms with Crippen molar-refractivity contribution >= 4 is 23.9 Å². The highest BCUT2D eigenvalue weighted by atomic mass is 16.5. The third-order valence-electron chi connectivity index (χ3n) is 5.07. The number of nitrogens with one attached hydrogen (secondary N) is 3. The van der Waals surface area contributed by atoms with Crippen LogP contribution in [0.4, 0.5) is 5.82 Å². The number of nitrogens with zero attached hydrogens (tertiary/aromatic N) is 5. The summed E-state index contributed by atoms with van der Waals surface area (Å²) in [7, 11) is 0. The molecule has 0 aliphatic carbocycles. The van der Waals surface area contributed by atoms with E-state index in [4.69, 9.17) is 15.6 Å². The van der Waals surface area contributed by atoms with E-state index in [0.29, 0.717) is 36.4 Å². The quantitative estimate of drug-likeness (QED) is 0.419. The maximum atomic E-state index is 13.1. The van der Waals surface area contributed by atoms with Gasteiger partial charge in [0.25, 0.3) is 5.91 Å². The fourth-order valence-corrected chi connectivity index (χ4v) is 3.37. The number of anilines is 1. The maximum Gasteiger partial charge on any atom is 0.262 e. The molecule has 3 aromatic heterocycles. The van der Waals surface area contributed by atoms with E-state index in [1.807, 2.05) is 6.92 Å². The van der Waals surface area contributed by atoms with Crippen molar-refractivity contribution in [2.45, 2.75) is 25.8 Å². The fraction of sp³-hybridized carbons (Fsp3) is 0.227. The molecule has 3 N–H and O–H groups in total. The Labute approximate surface area is 184 Å². The van der Waals surface area contributed by atoms with Gasteiger partial charge in [-0.2, -0.15) is 0 Å². The number of hydrogen-bond acceptors (Lipinski definition) is 8. The third kappa shape index (κ3) is 4.43. The zero-order chi connectivity index (χ0) is 22.5. The first-order valence-corrected chi connectivity index (χ1v) is 10.1. The fourth-order valence-electron chi connectivity index (χ4n) is 3.37. The number of fused-ring (bicyclic) bond motifs is 3. The topological polar surface area (TPSA) is 141 Å². The second-order valence-corrected chi connectivity index (χ2v) is 7.25. The summed E-state index contributed by atoms with van der Waals surface area (Å²) in [6, 6.07) is 6.59. The molecule has 3 aromatic rings. The van der Waals surface area contributed by atoms with Crippen molar-refractivity contribution in [3.05, 3.63) is 60.3 Å². The molecule has 1 atom stereocenters. The van der Waals surface area contributed by atoms with Crippen LogP contribution in [0, 0.1) is 10.8 Å². The number of pyridine rings is 2. The molecule has 1 unspecified atom stereocenters. The minimum Gasteiger partial charge on any atom is -0.477 e. The third-order valence-corrected chi connectivity index (χ3v) is 5.07. The molecule has 2 bridgehead atoms. The molecular formula is C22H22N8O2. The molecule has 1 amide bonds. The standard InChI is InChI=1S/C22H22N8O2/c1-14-4-3-9-32-22-16(10-15(11-27-22)18-12-25-7-8-26-18)21(31)29-19-6-2-5-17(28-19)20(24)30(14)13-23/h2,5-8,10-14,23-24H,3-4,9H2,1H3,(H,28,29,31). The number of amidine groups is 1. The number of ether oxygens (including phenoxy) is 1. The van der Waals surface area contributed by atoms with Crippen molar-refractivity contribution in [3.8, 4) is 17.1 Å². The minimum atomic E-state index is -0.441. The maximum absolute atomic E-state index is 13.1. The molecule has 0 fully saturated rings. The number of amides is 1. The normalized spacial score (nSPS) is 16.9. The van der Waals surface area contributed by atoms with Crippen LogP contribution in [0.5, 0.6) is 5.88 Å². The van der Waals surface area contributed by atoms with E-state index in [-0.39, 0.29) is 29.1 Å². The van der Waals surface area contributed by atoms with E-state index in [1.54, 1.807) is 54.0 Å². The predicted octanol–water partition coefficient (Wildman–Crippen LogP) is 2.98. The average Bonchev–Trinajstić information content (AvgIpc) is 2.82. The number of rotatable bonds is 2. The molecule has 0 radical (unpaired) electrons. The van der Waals surface area contributed by atoms with Gasteiger partial charge in [0.1, 0.15) is 17.1 Å². The van der Waals surface area contributed by atoms with Gasteiger partial charge in [0.05, 0.1) is 24.8 Å². The van der Waals surface area contributed by atoms with Crippen LogP contribution < -0.4 is 10.1 Å². The van der Waals surface area contributed by atoms with Crippen LogP contribution in [0.3, 0.4) is 0 Å². The van der Waals surface area contributed by atoms with Crippen molar-refractivity contribution in [2.24, 2.45) is 0 Å². The molecule has 10 heteroatoms. The summed E-state index contributed by atoms with van der Waals surface area (Å²) in [6.45, 7) is 2.28. The van der Waals surface area contributed by atoms with Crippen LogP contribution in [0.15, 0.2) is 49.1 Å². The Morgan fingerprint density at radius 2 is 2.09 bits per heavy atom. The van der Waals surface area contributed by atoms with Gasteiger partial charge in [0.15, 0.2) is 5.84 Å². The van der Waals surface area contributed by atoms with Gasteiger partial charge in [-0.3, -0.25) is 25.6 Å². The van der Waals surface area contributed by atoms with E-state index in [9.17, 15) is 4.79 Å². The molecule has 0 saturated carbocycles. The SMILES string of the molecule is CC1CCCOc2ncc(-c3cnccn3)cc2C(=O)Nc2cccc(n2)C(=N)N1C=N. The van der Waals surface area contributed by atoms with Crippen molar-refractivity contribution in [3.63, 3.8) is 0 Å². The Balaban J connectivity index is 1.73. The first-order chi connectivity index (χ1) is 15.6. The number of carbonyl (C=O) groups excluding carboxylic acids is 1. The summed E-state index contributed by atoms with van der Waals surface area (Å²) in [6.07, 6.45) is 8.79. The van der Waals surface area contributed by atoms with Crippen molar-refractivity contribution in [2.75, 3.05) is 11.9 Å². The lowest BCUT2D eigenvalue weighted by Gasteiger charge is -2.27. The molecule has 0 aromatic carbocycles. The van der Waals surface area contributed by atoms with Gasteiger partial charge < -0.3 is 15.0 Å². The lowest BCUT2D eigenvalue weighted by molar-refractivity contribution is 0.102. The van der Waals surface area contributed by atoms with Crippen LogP contribution in [0.1, 0.15) is 35.8 Å². The lowest BCUT2D eigenvalue weighted by atomic mass is 10.1. The Morgan fingerprint density at radius 1 is 1.22 bits per heavy atom. The second-order valence-electron chi connectivity index (χ2n) is 7.25. The second kappa shape index (κ2) is 9.29.